The number of fused-ring (bicyclic) bond motifs is 3. The number of hydrogen-bond acceptors (Lipinski definition) is 9. The van der Waals surface area contributed by atoms with E-state index in [4.69, 9.17) is 21.1 Å². The number of carbonyl (C=O) groups is 4. The molecule has 53 heavy (non-hydrogen) atoms. The molecule has 4 amide bonds. The van der Waals surface area contributed by atoms with Crippen molar-refractivity contribution in [1.29, 1.82) is 0 Å². The lowest BCUT2D eigenvalue weighted by Crippen LogP contribution is -2.59. The Kier molecular flexibility index (Phi) is 10.9. The Morgan fingerprint density at radius 3 is 2.62 bits per heavy atom. The molecule has 4 N–H and O–H groups in total. The predicted octanol–water partition coefficient (Wildman–Crippen LogP) is 4.55. The van der Waals surface area contributed by atoms with Crippen molar-refractivity contribution >= 4 is 56.2 Å². The average Bonchev–Trinajstić information content (AvgIpc) is 3.98. The maximum absolute atomic E-state index is 14.4. The van der Waals surface area contributed by atoms with E-state index >= 15 is 0 Å². The van der Waals surface area contributed by atoms with Gasteiger partial charge < -0.3 is 30.1 Å². The summed E-state index contributed by atoms with van der Waals surface area (Å²) in [4.78, 5) is 60.6. The highest BCUT2D eigenvalue weighted by molar-refractivity contribution is 7.91. The number of carbonyl (C=O) groups excluding carboxylic acids is 3. The normalized spacial score (nSPS) is 30.5. The molecule has 3 heterocycles. The van der Waals surface area contributed by atoms with Gasteiger partial charge in [-0.2, -0.15) is 4.98 Å². The number of hydrogen-bond donors (Lipinski definition) is 4. The molecule has 288 valence electrons. The molecule has 1 aromatic heterocycles. The molecular formula is C37H48ClN5O9S. The van der Waals surface area contributed by atoms with E-state index in [1.165, 1.54) is 4.90 Å². The fourth-order valence-corrected chi connectivity index (χ4v) is 8.99. The number of amides is 4. The molecule has 2 aliphatic heterocycles. The zero-order valence-electron chi connectivity index (χ0n) is 30.4. The third-order valence-corrected chi connectivity index (χ3v) is 13.5. The van der Waals surface area contributed by atoms with Gasteiger partial charge in [0, 0.05) is 34.2 Å². The minimum atomic E-state index is -4.01. The number of carboxylic acid groups (broad SMARTS) is 1. The summed E-state index contributed by atoms with van der Waals surface area (Å²) in [5.41, 5.74) is -1.56. The van der Waals surface area contributed by atoms with E-state index in [0.717, 1.165) is 12.8 Å². The number of ether oxygens (including phenoxy) is 2. The van der Waals surface area contributed by atoms with Gasteiger partial charge in [0.1, 0.15) is 23.7 Å². The molecule has 4 aliphatic rings. The lowest BCUT2D eigenvalue weighted by Gasteiger charge is -2.32. The maximum Gasteiger partial charge on any atom is 0.405 e. The minimum Gasteiger partial charge on any atom is -0.478 e. The van der Waals surface area contributed by atoms with Crippen molar-refractivity contribution in [2.24, 2.45) is 17.8 Å². The van der Waals surface area contributed by atoms with Crippen molar-refractivity contribution in [3.05, 3.63) is 41.4 Å². The summed E-state index contributed by atoms with van der Waals surface area (Å²) >= 11 is 6.55. The minimum absolute atomic E-state index is 0.0273. The first kappa shape index (κ1) is 38.6. The second-order valence-corrected chi connectivity index (χ2v) is 17.9. The van der Waals surface area contributed by atoms with Crippen LogP contribution in [0.3, 0.4) is 0 Å². The monoisotopic (exact) mass is 773 g/mol. The summed E-state index contributed by atoms with van der Waals surface area (Å²) in [6.07, 6.45) is 5.22. The Bertz CT molecular complexity index is 1920. The summed E-state index contributed by atoms with van der Waals surface area (Å²) in [5.74, 6) is -2.44. The Labute approximate surface area is 314 Å². The highest BCUT2D eigenvalue weighted by Gasteiger charge is 2.63. The fourth-order valence-electron chi connectivity index (χ4n) is 7.44. The molecular weight excluding hydrogens is 726 g/mol. The van der Waals surface area contributed by atoms with Crippen LogP contribution in [0, 0.1) is 17.8 Å². The molecule has 2 aliphatic carbocycles. The van der Waals surface area contributed by atoms with Crippen molar-refractivity contribution in [2.75, 3.05) is 13.2 Å². The molecule has 7 atom stereocenters. The molecule has 1 saturated heterocycles. The Hall–Kier alpha value is -4.11. The molecule has 0 spiro atoms. The van der Waals surface area contributed by atoms with Crippen LogP contribution in [0.25, 0.3) is 10.8 Å². The SMILES string of the molecule is CCCOc1cc2c(Cl)cccc2c(O[C@@H]2C[C@H]3C(=O)N[C@]4(C(=O)NS(=O)(=O)C5(C)CC5)C[C@H]4/C=C\CC[C@@H](C)C[C@@H](C)[C@H](NC(=O)O)C(=O)N3C2)n1. The average molecular weight is 774 g/mol. The second-order valence-electron chi connectivity index (χ2n) is 15.3. The zero-order valence-corrected chi connectivity index (χ0v) is 32.0. The standard InChI is InChI=1S/C37H48ClN5O9S/c1-5-15-51-29-18-26-25(11-8-12-27(26)38)32(39-29)52-24-17-28-31(44)41-37(34(46)42-53(49,50)36(4)13-14-36)19-23(37)10-7-6-9-21(2)16-22(3)30(40-35(47)48)33(45)43(28)20-24/h7-8,10-12,18,21-24,28,30,40H,5-6,9,13-17,19-20H2,1-4H3,(H,41,44)(H,42,46)(H,47,48)/b10-7-/t21-,22-,23-,24-,28+,30+,37-/m1/s1. The number of allylic oxidation sites excluding steroid dienone is 1. The summed E-state index contributed by atoms with van der Waals surface area (Å²) in [5, 5.41) is 16.7. The highest BCUT2D eigenvalue weighted by Crippen LogP contribution is 2.47. The van der Waals surface area contributed by atoms with Crippen molar-refractivity contribution < 1.29 is 42.2 Å². The summed E-state index contributed by atoms with van der Waals surface area (Å²) in [6, 6.07) is 4.61. The Morgan fingerprint density at radius 1 is 1.17 bits per heavy atom. The molecule has 1 aromatic carbocycles. The summed E-state index contributed by atoms with van der Waals surface area (Å²) in [7, 11) is -4.01. The van der Waals surface area contributed by atoms with Crippen LogP contribution in [0.2, 0.25) is 5.02 Å². The largest absolute Gasteiger partial charge is 0.478 e. The van der Waals surface area contributed by atoms with E-state index in [0.29, 0.717) is 48.1 Å². The van der Waals surface area contributed by atoms with Crippen LogP contribution in [0.5, 0.6) is 11.8 Å². The summed E-state index contributed by atoms with van der Waals surface area (Å²) in [6.45, 7) is 7.66. The van der Waals surface area contributed by atoms with Crippen LogP contribution in [0.4, 0.5) is 4.79 Å². The molecule has 0 bridgehead atoms. The number of pyridine rings is 1. The van der Waals surface area contributed by atoms with Crippen molar-refractivity contribution in [3.63, 3.8) is 0 Å². The molecule has 14 nitrogen and oxygen atoms in total. The third-order valence-electron chi connectivity index (χ3n) is 11.0. The van der Waals surface area contributed by atoms with Gasteiger partial charge in [0.25, 0.3) is 5.91 Å². The van der Waals surface area contributed by atoms with Gasteiger partial charge in [-0.1, -0.05) is 50.6 Å². The number of rotatable bonds is 9. The van der Waals surface area contributed by atoms with Crippen molar-refractivity contribution in [3.8, 4) is 11.8 Å². The maximum atomic E-state index is 14.4. The van der Waals surface area contributed by atoms with Crippen LogP contribution in [-0.2, 0) is 24.4 Å². The quantitative estimate of drug-likeness (QED) is 0.263. The first-order chi connectivity index (χ1) is 25.1. The topological polar surface area (TPSA) is 193 Å². The lowest BCUT2D eigenvalue weighted by molar-refractivity contribution is -0.142. The van der Waals surface area contributed by atoms with Crippen LogP contribution in [0.1, 0.15) is 79.1 Å². The predicted molar refractivity (Wildman–Crippen MR) is 197 cm³/mol. The number of halogens is 1. The second kappa shape index (κ2) is 15.0. The van der Waals surface area contributed by atoms with E-state index in [-0.39, 0.29) is 37.1 Å². The van der Waals surface area contributed by atoms with Crippen LogP contribution < -0.4 is 24.8 Å². The molecule has 3 fully saturated rings. The van der Waals surface area contributed by atoms with Gasteiger partial charge in [0.15, 0.2) is 0 Å². The van der Waals surface area contributed by atoms with E-state index in [1.807, 2.05) is 26.0 Å². The van der Waals surface area contributed by atoms with E-state index in [2.05, 4.69) is 20.3 Å². The molecule has 0 unspecified atom stereocenters. The first-order valence-corrected chi connectivity index (χ1v) is 20.2. The van der Waals surface area contributed by atoms with Gasteiger partial charge in [-0.3, -0.25) is 19.1 Å². The molecule has 2 saturated carbocycles. The van der Waals surface area contributed by atoms with Crippen molar-refractivity contribution in [1.82, 2.24) is 25.2 Å². The third kappa shape index (κ3) is 8.06. The van der Waals surface area contributed by atoms with Gasteiger partial charge in [0.05, 0.1) is 17.9 Å². The smallest absolute Gasteiger partial charge is 0.405 e. The van der Waals surface area contributed by atoms with Crippen LogP contribution in [-0.4, -0.2) is 88.8 Å². The number of nitrogens with one attached hydrogen (secondary N) is 3. The van der Waals surface area contributed by atoms with Gasteiger partial charge in [-0.15, -0.1) is 0 Å². The van der Waals surface area contributed by atoms with Gasteiger partial charge in [-0.25, -0.2) is 13.2 Å². The Balaban J connectivity index is 1.35. The van der Waals surface area contributed by atoms with E-state index < -0.39 is 74.1 Å². The number of benzene rings is 1. The molecule has 6 rings (SSSR count). The highest BCUT2D eigenvalue weighted by atomic mass is 35.5. The van der Waals surface area contributed by atoms with Crippen LogP contribution >= 0.6 is 11.6 Å². The number of nitrogens with zero attached hydrogens (tertiary/aromatic N) is 2. The lowest BCUT2D eigenvalue weighted by atomic mass is 9.88. The summed E-state index contributed by atoms with van der Waals surface area (Å²) < 4.78 is 39.7. The van der Waals surface area contributed by atoms with Gasteiger partial charge >= 0.3 is 6.09 Å². The molecule has 16 heteroatoms. The fraction of sp³-hybridized carbons (Fsp3) is 0.595. The van der Waals surface area contributed by atoms with Gasteiger partial charge in [0.2, 0.25) is 33.6 Å². The van der Waals surface area contributed by atoms with E-state index in [1.54, 1.807) is 38.1 Å². The van der Waals surface area contributed by atoms with Crippen molar-refractivity contribution in [2.45, 2.75) is 108 Å². The Morgan fingerprint density at radius 2 is 1.92 bits per heavy atom. The number of aromatic nitrogens is 1. The van der Waals surface area contributed by atoms with Gasteiger partial charge in [-0.05, 0) is 75.8 Å². The molecule has 0 radical (unpaired) electrons. The first-order valence-electron chi connectivity index (χ1n) is 18.3. The molecule has 2 aromatic rings. The van der Waals surface area contributed by atoms with E-state index in [9.17, 15) is 32.7 Å². The number of sulfonamides is 1. The van der Waals surface area contributed by atoms with Crippen LogP contribution in [0.15, 0.2) is 36.4 Å². The zero-order chi connectivity index (χ0) is 38.3.